The first-order valence-electron chi connectivity index (χ1n) is 9.25. The van der Waals surface area contributed by atoms with Crippen molar-refractivity contribution in [3.63, 3.8) is 0 Å². The molecule has 1 atom stereocenters. The van der Waals surface area contributed by atoms with Gasteiger partial charge in [-0.05, 0) is 38.0 Å². The summed E-state index contributed by atoms with van der Waals surface area (Å²) < 4.78 is 5.95. The van der Waals surface area contributed by atoms with Crippen molar-refractivity contribution in [1.29, 1.82) is 0 Å². The maximum atomic E-state index is 13.0. The van der Waals surface area contributed by atoms with E-state index < -0.39 is 0 Å². The molecule has 5 nitrogen and oxygen atoms in total. The average Bonchev–Trinajstić information content (AvgIpc) is 2.97. The van der Waals surface area contributed by atoms with Crippen LogP contribution in [0.3, 0.4) is 0 Å². The van der Waals surface area contributed by atoms with Gasteiger partial charge >= 0.3 is 5.97 Å². The number of carbonyl (C=O) groups excluding carboxylic acids is 2. The van der Waals surface area contributed by atoms with Crippen LogP contribution in [0.1, 0.15) is 54.6 Å². The van der Waals surface area contributed by atoms with E-state index >= 15 is 0 Å². The van der Waals surface area contributed by atoms with Gasteiger partial charge in [0.1, 0.15) is 0 Å². The van der Waals surface area contributed by atoms with Crippen LogP contribution in [0.25, 0.3) is 0 Å². The van der Waals surface area contributed by atoms with Crippen LogP contribution in [-0.2, 0) is 9.53 Å². The van der Waals surface area contributed by atoms with E-state index in [-0.39, 0.29) is 17.9 Å². The predicted octanol–water partition coefficient (Wildman–Crippen LogP) is 3.44. The molecule has 0 aromatic heterocycles. The van der Waals surface area contributed by atoms with Gasteiger partial charge in [-0.25, -0.2) is 4.79 Å². The third-order valence-corrected chi connectivity index (χ3v) is 5.25. The molecule has 1 aliphatic rings. The molecular formula is C20H31N2O3+. The summed E-state index contributed by atoms with van der Waals surface area (Å²) >= 11 is 0. The minimum absolute atomic E-state index is 0.00981. The maximum absolute atomic E-state index is 13.0. The van der Waals surface area contributed by atoms with Gasteiger partial charge in [-0.15, -0.1) is 0 Å². The number of hydrogen-bond acceptors (Lipinski definition) is 3. The summed E-state index contributed by atoms with van der Waals surface area (Å²) in [5.41, 5.74) is 2.88. The van der Waals surface area contributed by atoms with Crippen molar-refractivity contribution in [3.8, 4) is 0 Å². The van der Waals surface area contributed by atoms with E-state index in [0.29, 0.717) is 17.9 Å². The number of aryl methyl sites for hydroxylation is 2. The zero-order chi connectivity index (χ0) is 18.6. The number of nitrogens with zero attached hydrogens (tertiary/aromatic N) is 1. The molecule has 0 bridgehead atoms. The number of hydrogen-bond donors (Lipinski definition) is 1. The summed E-state index contributed by atoms with van der Waals surface area (Å²) in [6.07, 6.45) is 3.11. The Labute approximate surface area is 150 Å². The van der Waals surface area contributed by atoms with Crippen LogP contribution < -0.4 is 5.32 Å². The van der Waals surface area contributed by atoms with Crippen LogP contribution in [0.4, 0.5) is 5.69 Å². The van der Waals surface area contributed by atoms with Gasteiger partial charge in [0.25, 0.3) is 5.91 Å². The Balaban J connectivity index is 2.32. The van der Waals surface area contributed by atoms with E-state index in [4.69, 9.17) is 4.74 Å². The first-order valence-corrected chi connectivity index (χ1v) is 9.25. The summed E-state index contributed by atoms with van der Waals surface area (Å²) in [6, 6.07) is 3.66. The van der Waals surface area contributed by atoms with Gasteiger partial charge in [0.2, 0.25) is 0 Å². The number of amides is 1. The molecule has 0 saturated carbocycles. The second kappa shape index (κ2) is 8.00. The molecule has 1 N–H and O–H groups in total. The standard InChI is InChI=1S/C20H30N2O3/c1-6-17(22(5)10-8-9-11-22)19(23)21-18-15(4)12-14(3)13-16(18)20(24)25-7-2/h12-13,17H,6-11H2,1-5H3/p+1. The first-order chi connectivity index (χ1) is 11.8. The number of likely N-dealkylation sites (N-methyl/N-ethyl adjacent to an activating group) is 1. The molecule has 1 aromatic carbocycles. The molecule has 0 spiro atoms. The first kappa shape index (κ1) is 19.4. The number of benzene rings is 1. The second-order valence-corrected chi connectivity index (χ2v) is 7.27. The lowest BCUT2D eigenvalue weighted by molar-refractivity contribution is -0.913. The van der Waals surface area contributed by atoms with Crippen molar-refractivity contribution < 1.29 is 18.8 Å². The average molecular weight is 347 g/mol. The lowest BCUT2D eigenvalue weighted by Gasteiger charge is -2.36. The smallest absolute Gasteiger partial charge is 0.340 e. The molecule has 1 aliphatic heterocycles. The molecule has 138 valence electrons. The van der Waals surface area contributed by atoms with Crippen LogP contribution in [0.2, 0.25) is 0 Å². The molecule has 0 aliphatic carbocycles. The Hall–Kier alpha value is -1.88. The van der Waals surface area contributed by atoms with Gasteiger partial charge in [0.15, 0.2) is 6.04 Å². The minimum atomic E-state index is -0.390. The molecule has 1 saturated heterocycles. The quantitative estimate of drug-likeness (QED) is 0.633. The monoisotopic (exact) mass is 347 g/mol. The zero-order valence-corrected chi connectivity index (χ0v) is 16.1. The fraction of sp³-hybridized carbons (Fsp3) is 0.600. The van der Waals surface area contributed by atoms with Crippen LogP contribution in [0.15, 0.2) is 12.1 Å². The summed E-state index contributed by atoms with van der Waals surface area (Å²) in [4.78, 5) is 25.4. The number of carbonyl (C=O) groups is 2. The SMILES string of the molecule is CCOC(=O)c1cc(C)cc(C)c1NC(=O)C(CC)[N+]1(C)CCCC1. The van der Waals surface area contributed by atoms with Crippen LogP contribution in [0.5, 0.6) is 0 Å². The molecule has 2 rings (SSSR count). The second-order valence-electron chi connectivity index (χ2n) is 7.27. The number of esters is 1. The highest BCUT2D eigenvalue weighted by atomic mass is 16.5. The highest BCUT2D eigenvalue weighted by molar-refractivity contribution is 6.03. The molecule has 1 heterocycles. The fourth-order valence-electron chi connectivity index (χ4n) is 3.99. The fourth-order valence-corrected chi connectivity index (χ4v) is 3.99. The number of ether oxygens (including phenoxy) is 1. The largest absolute Gasteiger partial charge is 0.462 e. The van der Waals surface area contributed by atoms with Crippen LogP contribution in [-0.4, -0.2) is 49.1 Å². The third kappa shape index (κ3) is 4.21. The van der Waals surface area contributed by atoms with Crippen LogP contribution >= 0.6 is 0 Å². The van der Waals surface area contributed by atoms with Crippen molar-refractivity contribution in [1.82, 2.24) is 0 Å². The Kier molecular flexibility index (Phi) is 6.22. The summed E-state index contributed by atoms with van der Waals surface area (Å²) in [6.45, 7) is 10.1. The number of quaternary nitrogens is 1. The van der Waals surface area contributed by atoms with Gasteiger partial charge in [0.05, 0.1) is 38.0 Å². The van der Waals surface area contributed by atoms with Crippen molar-refractivity contribution in [3.05, 3.63) is 28.8 Å². The molecule has 0 radical (unpaired) electrons. The van der Waals surface area contributed by atoms with Gasteiger partial charge in [0, 0.05) is 19.3 Å². The molecule has 1 unspecified atom stereocenters. The topological polar surface area (TPSA) is 55.4 Å². The van der Waals surface area contributed by atoms with Crippen molar-refractivity contribution in [2.75, 3.05) is 32.1 Å². The molecule has 1 aromatic rings. The Morgan fingerprint density at radius 3 is 2.40 bits per heavy atom. The molecule has 25 heavy (non-hydrogen) atoms. The van der Waals surface area contributed by atoms with E-state index in [2.05, 4.69) is 19.3 Å². The van der Waals surface area contributed by atoms with Gasteiger partial charge in [-0.2, -0.15) is 0 Å². The molecular weight excluding hydrogens is 316 g/mol. The van der Waals surface area contributed by atoms with Crippen molar-refractivity contribution >= 4 is 17.6 Å². The summed E-state index contributed by atoms with van der Waals surface area (Å²) in [7, 11) is 2.16. The highest BCUT2D eigenvalue weighted by Gasteiger charge is 2.39. The lowest BCUT2D eigenvalue weighted by Crippen LogP contribution is -2.55. The predicted molar refractivity (Wildman–Crippen MR) is 99.7 cm³/mol. The molecule has 5 heteroatoms. The Morgan fingerprint density at radius 2 is 1.84 bits per heavy atom. The Morgan fingerprint density at radius 1 is 1.20 bits per heavy atom. The normalized spacial score (nSPS) is 17.2. The number of likely N-dealkylation sites (tertiary alicyclic amines) is 1. The van der Waals surface area contributed by atoms with Crippen molar-refractivity contribution in [2.45, 2.75) is 53.0 Å². The highest BCUT2D eigenvalue weighted by Crippen LogP contribution is 2.27. The third-order valence-electron chi connectivity index (χ3n) is 5.25. The molecule has 1 fully saturated rings. The Bertz CT molecular complexity index is 649. The number of nitrogens with one attached hydrogen (secondary N) is 1. The van der Waals surface area contributed by atoms with Crippen LogP contribution in [0, 0.1) is 13.8 Å². The minimum Gasteiger partial charge on any atom is -0.462 e. The van der Waals surface area contributed by atoms with Gasteiger partial charge in [-0.1, -0.05) is 13.0 Å². The van der Waals surface area contributed by atoms with E-state index in [9.17, 15) is 9.59 Å². The maximum Gasteiger partial charge on any atom is 0.340 e. The number of anilines is 1. The zero-order valence-electron chi connectivity index (χ0n) is 16.1. The van der Waals surface area contributed by atoms with Gasteiger partial charge < -0.3 is 14.5 Å². The van der Waals surface area contributed by atoms with Gasteiger partial charge in [-0.3, -0.25) is 4.79 Å². The van der Waals surface area contributed by atoms with E-state index in [1.165, 1.54) is 0 Å². The van der Waals surface area contributed by atoms with E-state index in [0.717, 1.165) is 48.0 Å². The summed E-state index contributed by atoms with van der Waals surface area (Å²) in [5.74, 6) is -0.399. The van der Waals surface area contributed by atoms with E-state index in [1.54, 1.807) is 13.0 Å². The van der Waals surface area contributed by atoms with E-state index in [1.807, 2.05) is 19.9 Å². The van der Waals surface area contributed by atoms with Crippen molar-refractivity contribution in [2.24, 2.45) is 0 Å². The number of rotatable bonds is 6. The lowest BCUT2D eigenvalue weighted by atomic mass is 10.0. The summed E-state index contributed by atoms with van der Waals surface area (Å²) in [5, 5.41) is 3.04. The molecule has 1 amide bonds.